The van der Waals surface area contributed by atoms with E-state index in [2.05, 4.69) is 37.1 Å². The van der Waals surface area contributed by atoms with Gasteiger partial charge in [-0.1, -0.05) is 5.21 Å². The van der Waals surface area contributed by atoms with Gasteiger partial charge in [-0.2, -0.15) is 11.3 Å². The van der Waals surface area contributed by atoms with Crippen LogP contribution < -0.4 is 5.73 Å². The van der Waals surface area contributed by atoms with E-state index >= 15 is 0 Å². The van der Waals surface area contributed by atoms with E-state index in [9.17, 15) is 0 Å². The normalized spacial score (nSPS) is 10.9. The Morgan fingerprint density at radius 2 is 2.32 bits per heavy atom. The van der Waals surface area contributed by atoms with Crippen LogP contribution in [-0.2, 0) is 19.4 Å². The average Bonchev–Trinajstić information content (AvgIpc) is 3.10. The lowest BCUT2D eigenvalue weighted by Crippen LogP contribution is -2.01. The maximum Gasteiger partial charge on any atom is 0.197 e. The topological polar surface area (TPSA) is 85.4 Å². The van der Waals surface area contributed by atoms with E-state index in [1.807, 2.05) is 10.9 Å². The second-order valence-corrected chi connectivity index (χ2v) is 5.09. The molecule has 3 heterocycles. The van der Waals surface area contributed by atoms with Crippen LogP contribution in [0.2, 0.25) is 0 Å². The lowest BCUT2D eigenvalue weighted by atomic mass is 10.2. The average molecular weight is 274 g/mol. The summed E-state index contributed by atoms with van der Waals surface area (Å²) in [7, 11) is 0. The van der Waals surface area contributed by atoms with Gasteiger partial charge in [0.05, 0.1) is 11.4 Å². The number of nitrogens with two attached hydrogens (primary N) is 1. The summed E-state index contributed by atoms with van der Waals surface area (Å²) >= 11 is 1.72. The van der Waals surface area contributed by atoms with Crippen molar-refractivity contribution in [2.24, 2.45) is 0 Å². The van der Waals surface area contributed by atoms with Gasteiger partial charge in [0.2, 0.25) is 0 Å². The molecule has 0 saturated carbocycles. The van der Waals surface area contributed by atoms with E-state index in [-0.39, 0.29) is 0 Å². The van der Waals surface area contributed by atoms with Gasteiger partial charge >= 0.3 is 0 Å². The first kappa shape index (κ1) is 11.9. The summed E-state index contributed by atoms with van der Waals surface area (Å²) in [5, 5.41) is 12.5. The number of hydrogen-bond donors (Lipinski definition) is 2. The molecule has 0 saturated heterocycles. The summed E-state index contributed by atoms with van der Waals surface area (Å²) in [4.78, 5) is 7.00. The van der Waals surface area contributed by atoms with Crippen LogP contribution in [0.1, 0.15) is 17.0 Å². The van der Waals surface area contributed by atoms with Gasteiger partial charge in [-0.05, 0) is 28.8 Å². The van der Waals surface area contributed by atoms with Crippen LogP contribution in [0, 0.1) is 0 Å². The molecule has 3 aromatic rings. The van der Waals surface area contributed by atoms with Crippen molar-refractivity contribution in [3.63, 3.8) is 0 Å². The standard InChI is InChI=1S/C12H14N6S/c13-12-14-6-10(15-12)5-11-7-18(17-16-11)3-1-9-2-4-19-8-9/h2,4,6-8H,1,3,5H2,(H3,13,14,15). The minimum atomic E-state index is 0.430. The molecule has 6 nitrogen and oxygen atoms in total. The van der Waals surface area contributed by atoms with Crippen LogP contribution in [0.5, 0.6) is 0 Å². The number of hydrogen-bond acceptors (Lipinski definition) is 5. The second-order valence-electron chi connectivity index (χ2n) is 4.31. The molecule has 0 aromatic carbocycles. The quantitative estimate of drug-likeness (QED) is 0.738. The van der Waals surface area contributed by atoms with E-state index in [1.54, 1.807) is 17.5 Å². The molecule has 3 N–H and O–H groups in total. The van der Waals surface area contributed by atoms with Gasteiger partial charge in [-0.25, -0.2) is 4.98 Å². The molecular weight excluding hydrogens is 260 g/mol. The molecule has 3 aromatic heterocycles. The Morgan fingerprint density at radius 3 is 3.05 bits per heavy atom. The Hall–Kier alpha value is -2.15. The molecule has 7 heteroatoms. The van der Waals surface area contributed by atoms with Crippen molar-refractivity contribution in [3.05, 3.63) is 46.2 Å². The fourth-order valence-corrected chi connectivity index (χ4v) is 2.56. The van der Waals surface area contributed by atoms with Crippen molar-refractivity contribution in [1.82, 2.24) is 25.0 Å². The molecule has 0 fully saturated rings. The minimum Gasteiger partial charge on any atom is -0.369 e. The number of nitrogens with one attached hydrogen (secondary N) is 1. The van der Waals surface area contributed by atoms with Crippen molar-refractivity contribution < 1.29 is 0 Å². The number of H-pyrrole nitrogens is 1. The Morgan fingerprint density at radius 1 is 1.37 bits per heavy atom. The third kappa shape index (κ3) is 3.00. The fourth-order valence-electron chi connectivity index (χ4n) is 1.86. The first-order chi connectivity index (χ1) is 9.29. The molecule has 0 bridgehead atoms. The maximum atomic E-state index is 5.53. The highest BCUT2D eigenvalue weighted by Gasteiger charge is 2.05. The van der Waals surface area contributed by atoms with E-state index in [0.29, 0.717) is 12.4 Å². The Bertz CT molecular complexity index is 639. The van der Waals surface area contributed by atoms with Crippen LogP contribution in [0.15, 0.2) is 29.2 Å². The number of aromatic nitrogens is 5. The molecule has 0 amide bonds. The Labute approximate surface area is 114 Å². The van der Waals surface area contributed by atoms with Crippen molar-refractivity contribution in [1.29, 1.82) is 0 Å². The highest BCUT2D eigenvalue weighted by atomic mass is 32.1. The summed E-state index contributed by atoms with van der Waals surface area (Å²) in [5.74, 6) is 0.430. The molecule has 0 spiro atoms. The SMILES string of the molecule is Nc1nc(Cc2cn(CCc3ccsc3)nn2)c[nH]1. The summed E-state index contributed by atoms with van der Waals surface area (Å²) in [6, 6.07) is 2.13. The van der Waals surface area contributed by atoms with E-state index in [1.165, 1.54) is 5.56 Å². The van der Waals surface area contributed by atoms with Gasteiger partial charge in [-0.3, -0.25) is 4.68 Å². The predicted molar refractivity (Wildman–Crippen MR) is 73.9 cm³/mol. The van der Waals surface area contributed by atoms with E-state index in [0.717, 1.165) is 24.4 Å². The van der Waals surface area contributed by atoms with Crippen LogP contribution >= 0.6 is 11.3 Å². The summed E-state index contributed by atoms with van der Waals surface area (Å²) in [6.45, 7) is 0.840. The highest BCUT2D eigenvalue weighted by Crippen LogP contribution is 2.08. The maximum absolute atomic E-state index is 5.53. The zero-order valence-electron chi connectivity index (χ0n) is 10.3. The molecule has 3 rings (SSSR count). The van der Waals surface area contributed by atoms with Crippen LogP contribution in [0.25, 0.3) is 0 Å². The minimum absolute atomic E-state index is 0.430. The van der Waals surface area contributed by atoms with Crippen molar-refractivity contribution >= 4 is 17.3 Å². The van der Waals surface area contributed by atoms with E-state index in [4.69, 9.17) is 5.73 Å². The molecule has 0 atom stereocenters. The number of aromatic amines is 1. The lowest BCUT2D eigenvalue weighted by molar-refractivity contribution is 0.589. The predicted octanol–water partition coefficient (Wildman–Crippen LogP) is 1.48. The zero-order valence-corrected chi connectivity index (χ0v) is 11.1. The monoisotopic (exact) mass is 274 g/mol. The number of aryl methyl sites for hydroxylation is 2. The summed E-state index contributed by atoms with van der Waals surface area (Å²) in [5.41, 5.74) is 8.64. The molecule has 98 valence electrons. The highest BCUT2D eigenvalue weighted by molar-refractivity contribution is 7.07. The van der Waals surface area contributed by atoms with E-state index < -0.39 is 0 Å². The van der Waals surface area contributed by atoms with Gasteiger partial charge in [0.25, 0.3) is 0 Å². The Kier molecular flexibility index (Phi) is 3.28. The summed E-state index contributed by atoms with van der Waals surface area (Å²) < 4.78 is 1.86. The summed E-state index contributed by atoms with van der Waals surface area (Å²) in [6.07, 6.45) is 5.37. The first-order valence-electron chi connectivity index (χ1n) is 5.99. The van der Waals surface area contributed by atoms with Crippen molar-refractivity contribution in [2.75, 3.05) is 5.73 Å². The first-order valence-corrected chi connectivity index (χ1v) is 6.94. The number of nitrogens with zero attached hydrogens (tertiary/aromatic N) is 4. The van der Waals surface area contributed by atoms with Gasteiger partial charge < -0.3 is 10.7 Å². The zero-order chi connectivity index (χ0) is 13.1. The number of nitrogen functional groups attached to an aromatic ring is 1. The lowest BCUT2D eigenvalue weighted by Gasteiger charge is -1.97. The number of anilines is 1. The van der Waals surface area contributed by atoms with Crippen molar-refractivity contribution in [2.45, 2.75) is 19.4 Å². The number of imidazole rings is 1. The van der Waals surface area contributed by atoms with Crippen LogP contribution in [-0.4, -0.2) is 25.0 Å². The Balaban J connectivity index is 1.60. The smallest absolute Gasteiger partial charge is 0.197 e. The molecule has 0 unspecified atom stereocenters. The molecule has 0 radical (unpaired) electrons. The molecular formula is C12H14N6S. The molecule has 0 aliphatic carbocycles. The fraction of sp³-hybridized carbons (Fsp3) is 0.250. The molecule has 0 aliphatic heterocycles. The largest absolute Gasteiger partial charge is 0.369 e. The van der Waals surface area contributed by atoms with Gasteiger partial charge in [0, 0.05) is 25.4 Å². The van der Waals surface area contributed by atoms with Gasteiger partial charge in [0.1, 0.15) is 0 Å². The van der Waals surface area contributed by atoms with Crippen LogP contribution in [0.4, 0.5) is 5.95 Å². The van der Waals surface area contributed by atoms with Crippen LogP contribution in [0.3, 0.4) is 0 Å². The number of thiophene rings is 1. The third-order valence-corrected chi connectivity index (χ3v) is 3.54. The third-order valence-electron chi connectivity index (χ3n) is 2.81. The van der Waals surface area contributed by atoms with Crippen molar-refractivity contribution in [3.8, 4) is 0 Å². The van der Waals surface area contributed by atoms with Gasteiger partial charge in [-0.15, -0.1) is 5.10 Å². The molecule has 19 heavy (non-hydrogen) atoms. The second kappa shape index (κ2) is 5.23. The van der Waals surface area contributed by atoms with Gasteiger partial charge in [0.15, 0.2) is 5.95 Å². The molecule has 0 aliphatic rings. The number of rotatable bonds is 5.